The van der Waals surface area contributed by atoms with Crippen molar-refractivity contribution in [1.29, 1.82) is 0 Å². The molecule has 5 aromatic rings. The topological polar surface area (TPSA) is 176 Å². The minimum Gasteiger partial charge on any atom is -0.488 e. The van der Waals surface area contributed by atoms with Crippen LogP contribution in [-0.2, 0) is 24.1 Å². The summed E-state index contributed by atoms with van der Waals surface area (Å²) in [6.07, 6.45) is 4.20. The fraction of sp³-hybridized carbons (Fsp3) is 0.391. The van der Waals surface area contributed by atoms with Gasteiger partial charge in [0.15, 0.2) is 0 Å². The van der Waals surface area contributed by atoms with Crippen LogP contribution in [0.3, 0.4) is 0 Å². The average molecular weight is 829 g/mol. The number of carbonyl (C=O) groups is 3. The van der Waals surface area contributed by atoms with E-state index in [1.165, 1.54) is 20.6 Å². The number of imidazole rings is 2. The third-order valence-corrected chi connectivity index (χ3v) is 11.0. The Bertz CT molecular complexity index is 2400. The van der Waals surface area contributed by atoms with Crippen molar-refractivity contribution in [1.82, 2.24) is 35.1 Å². The van der Waals surface area contributed by atoms with Gasteiger partial charge in [0.1, 0.15) is 35.6 Å². The highest BCUT2D eigenvalue weighted by Gasteiger charge is 2.43. The molecule has 7 rings (SSSR count). The molecule has 0 bridgehead atoms. The van der Waals surface area contributed by atoms with Gasteiger partial charge in [-0.2, -0.15) is 4.89 Å². The van der Waals surface area contributed by atoms with Crippen LogP contribution in [0.25, 0.3) is 22.3 Å². The maximum Gasteiger partial charge on any atom is 0.407 e. The molecule has 0 aliphatic carbocycles. The standard InChI is InChI=1S/C46H52N8O7/c1-28(2)40(48-27-60-59-6)44(55)53-22-10-13-38(53)42-47-25-37(51-42)32-19-16-30(17-20-32)14-15-31-18-21-35-36(23-31)50-43(49-35)39-24-34(61-33-11-8-7-9-12-33)26-54(39)45(56)41(29(3)4)52-46(57)58-5/h7-9,11-12,16-21,23,25,27-29,34,38-41H,10,13,22,24,26H2,1-6H3,(H,47,51)(H,49,50)(H,52,57)/t34-,38+,39+,40+,41+/m1/s1. The number of rotatable bonds is 13. The van der Waals surface area contributed by atoms with Gasteiger partial charge in [-0.1, -0.05) is 69.9 Å². The molecule has 2 aromatic heterocycles. The lowest BCUT2D eigenvalue weighted by molar-refractivity contribution is -0.188. The lowest BCUT2D eigenvalue weighted by atomic mass is 10.0. The van der Waals surface area contributed by atoms with E-state index in [-0.39, 0.29) is 35.8 Å². The molecule has 3 amide bonds. The summed E-state index contributed by atoms with van der Waals surface area (Å²) >= 11 is 0. The number of alkyl carbamates (subject to hydrolysis) is 1. The van der Waals surface area contributed by atoms with E-state index in [4.69, 9.17) is 19.3 Å². The van der Waals surface area contributed by atoms with E-state index < -0.39 is 24.2 Å². The molecule has 4 heterocycles. The van der Waals surface area contributed by atoms with E-state index in [1.54, 1.807) is 11.1 Å². The molecule has 2 aliphatic heterocycles. The van der Waals surface area contributed by atoms with Crippen molar-refractivity contribution >= 4 is 35.3 Å². The van der Waals surface area contributed by atoms with E-state index in [1.807, 2.05) is 105 Å². The smallest absolute Gasteiger partial charge is 0.407 e. The Balaban J connectivity index is 1.05. The van der Waals surface area contributed by atoms with E-state index in [0.29, 0.717) is 31.1 Å². The number of aromatic amines is 2. The fourth-order valence-corrected chi connectivity index (χ4v) is 7.89. The third-order valence-electron chi connectivity index (χ3n) is 11.0. The maximum atomic E-state index is 14.1. The van der Waals surface area contributed by atoms with E-state index in [9.17, 15) is 14.4 Å². The molecule has 2 fully saturated rings. The van der Waals surface area contributed by atoms with Gasteiger partial charge in [-0.15, -0.1) is 0 Å². The number of amides is 3. The molecule has 2 saturated heterocycles. The molecular formula is C46H52N8O7. The molecule has 2 aliphatic rings. The zero-order chi connectivity index (χ0) is 43.0. The zero-order valence-electron chi connectivity index (χ0n) is 35.3. The van der Waals surface area contributed by atoms with Gasteiger partial charge in [0.25, 0.3) is 0 Å². The number of fused-ring (bicyclic) bond motifs is 1. The van der Waals surface area contributed by atoms with Crippen molar-refractivity contribution in [2.24, 2.45) is 16.8 Å². The third kappa shape index (κ3) is 9.87. The van der Waals surface area contributed by atoms with Gasteiger partial charge in [-0.3, -0.25) is 9.59 Å². The van der Waals surface area contributed by atoms with Crippen LogP contribution >= 0.6 is 0 Å². The minimum absolute atomic E-state index is 0.0233. The van der Waals surface area contributed by atoms with Crippen LogP contribution in [0.5, 0.6) is 5.75 Å². The predicted octanol–water partition coefficient (Wildman–Crippen LogP) is 6.75. The molecule has 15 nitrogen and oxygen atoms in total. The number of carbonyl (C=O) groups excluding carboxylic acids is 3. The number of ether oxygens (including phenoxy) is 2. The Morgan fingerprint density at radius 2 is 1.64 bits per heavy atom. The Labute approximate surface area is 355 Å². The molecule has 0 radical (unpaired) electrons. The molecular weight excluding hydrogens is 777 g/mol. The molecule has 3 N–H and O–H groups in total. The second-order valence-electron chi connectivity index (χ2n) is 15.9. The van der Waals surface area contributed by atoms with Crippen molar-refractivity contribution in [3.8, 4) is 28.8 Å². The number of H-pyrrole nitrogens is 2. The number of aromatic nitrogens is 4. The fourth-order valence-electron chi connectivity index (χ4n) is 7.89. The SMILES string of the molecule is COOC=N[C@H](C(=O)N1CCC[C@H]1c1ncc(-c2ccc(C#Cc3ccc4nc([C@@H]5C[C@@H](Oc6ccccc6)CN5C(=O)[C@@H](NC(=O)OC)C(C)C)[nH]c4c3)cc2)[nH]1)C(C)C. The first-order chi connectivity index (χ1) is 29.5. The highest BCUT2D eigenvalue weighted by molar-refractivity contribution is 5.87. The van der Waals surface area contributed by atoms with Crippen molar-refractivity contribution in [3.63, 3.8) is 0 Å². The minimum atomic E-state index is -0.797. The van der Waals surface area contributed by atoms with Crippen LogP contribution < -0.4 is 10.1 Å². The van der Waals surface area contributed by atoms with Crippen LogP contribution in [0.15, 0.2) is 84.0 Å². The van der Waals surface area contributed by atoms with Gasteiger partial charge < -0.3 is 39.4 Å². The molecule has 0 saturated carbocycles. The van der Waals surface area contributed by atoms with E-state index in [2.05, 4.69) is 42.0 Å². The Morgan fingerprint density at radius 1 is 0.885 bits per heavy atom. The number of nitrogens with zero attached hydrogens (tertiary/aromatic N) is 5. The first-order valence-electron chi connectivity index (χ1n) is 20.6. The number of aliphatic imine (C=N–C) groups is 1. The molecule has 61 heavy (non-hydrogen) atoms. The quantitative estimate of drug-likeness (QED) is 0.0381. The Kier molecular flexibility index (Phi) is 13.3. The largest absolute Gasteiger partial charge is 0.488 e. The second-order valence-corrected chi connectivity index (χ2v) is 15.9. The van der Waals surface area contributed by atoms with Crippen LogP contribution in [-0.4, -0.2) is 99.5 Å². The summed E-state index contributed by atoms with van der Waals surface area (Å²) < 4.78 is 11.1. The number of hydrogen-bond acceptors (Lipinski definition) is 10. The van der Waals surface area contributed by atoms with Crippen molar-refractivity contribution in [3.05, 3.63) is 102 Å². The van der Waals surface area contributed by atoms with Crippen LogP contribution in [0.1, 0.15) is 81.8 Å². The van der Waals surface area contributed by atoms with E-state index in [0.717, 1.165) is 52.1 Å². The Morgan fingerprint density at radius 3 is 2.36 bits per heavy atom. The predicted molar refractivity (Wildman–Crippen MR) is 229 cm³/mol. The summed E-state index contributed by atoms with van der Waals surface area (Å²) in [7, 11) is 2.66. The molecule has 3 aromatic carbocycles. The normalized spacial score (nSPS) is 18.7. The number of para-hydroxylation sites is 1. The van der Waals surface area contributed by atoms with Crippen LogP contribution in [0.2, 0.25) is 0 Å². The van der Waals surface area contributed by atoms with Gasteiger partial charge in [0, 0.05) is 24.1 Å². The number of benzene rings is 3. The van der Waals surface area contributed by atoms with Gasteiger partial charge in [0.2, 0.25) is 18.2 Å². The van der Waals surface area contributed by atoms with Crippen molar-refractivity contribution in [2.45, 2.75) is 77.2 Å². The summed E-state index contributed by atoms with van der Waals surface area (Å²) in [5, 5.41) is 2.72. The summed E-state index contributed by atoms with van der Waals surface area (Å²) in [6.45, 7) is 8.63. The lowest BCUT2D eigenvalue weighted by Crippen LogP contribution is -2.51. The summed E-state index contributed by atoms with van der Waals surface area (Å²) in [6, 6.07) is 21.2. The highest BCUT2D eigenvalue weighted by Crippen LogP contribution is 2.36. The monoisotopic (exact) mass is 828 g/mol. The summed E-state index contributed by atoms with van der Waals surface area (Å²) in [4.78, 5) is 73.7. The summed E-state index contributed by atoms with van der Waals surface area (Å²) in [5.74, 6) is 8.11. The maximum absolute atomic E-state index is 14.1. The molecule has 5 atom stereocenters. The first kappa shape index (κ1) is 42.5. The molecule has 15 heteroatoms. The number of likely N-dealkylation sites (tertiary alicyclic amines) is 2. The van der Waals surface area contributed by atoms with Gasteiger partial charge >= 0.3 is 6.09 Å². The Hall–Kier alpha value is -6.66. The first-order valence-corrected chi connectivity index (χ1v) is 20.6. The van der Waals surface area contributed by atoms with Crippen molar-refractivity contribution in [2.75, 3.05) is 27.3 Å². The van der Waals surface area contributed by atoms with Gasteiger partial charge in [-0.05, 0) is 72.7 Å². The lowest BCUT2D eigenvalue weighted by Gasteiger charge is -2.29. The van der Waals surface area contributed by atoms with E-state index >= 15 is 0 Å². The molecule has 0 spiro atoms. The molecule has 318 valence electrons. The second kappa shape index (κ2) is 19.2. The number of methoxy groups -OCH3 is 1. The van der Waals surface area contributed by atoms with Gasteiger partial charge in [-0.25, -0.2) is 19.8 Å². The average Bonchev–Trinajstić information content (AvgIpc) is 4.10. The van der Waals surface area contributed by atoms with Crippen LogP contribution in [0, 0.1) is 23.7 Å². The molecule has 0 unspecified atom stereocenters. The van der Waals surface area contributed by atoms with Crippen molar-refractivity contribution < 1.29 is 33.6 Å². The zero-order valence-corrected chi connectivity index (χ0v) is 35.3. The van der Waals surface area contributed by atoms with Gasteiger partial charge in [0.05, 0.1) is 55.8 Å². The van der Waals surface area contributed by atoms with Crippen LogP contribution in [0.4, 0.5) is 4.79 Å². The number of nitrogens with one attached hydrogen (secondary N) is 3. The summed E-state index contributed by atoms with van der Waals surface area (Å²) in [5.41, 5.74) is 4.96. The highest BCUT2D eigenvalue weighted by atomic mass is 17.2. The number of hydrogen-bond donors (Lipinski definition) is 3.